The number of nitrogens with two attached hydrogens (primary N) is 1. The molecule has 0 amide bonds. The first-order chi connectivity index (χ1) is 8.61. The van der Waals surface area contributed by atoms with Gasteiger partial charge in [-0.15, -0.1) is 0 Å². The largest absolute Gasteiger partial charge is 0.492 e. The summed E-state index contributed by atoms with van der Waals surface area (Å²) in [6.07, 6.45) is 0. The summed E-state index contributed by atoms with van der Waals surface area (Å²) in [5.74, 6) is 1.26. The second-order valence-corrected chi connectivity index (χ2v) is 6.57. The van der Waals surface area contributed by atoms with E-state index in [1.165, 1.54) is 0 Å². The second kappa shape index (κ2) is 5.58. The van der Waals surface area contributed by atoms with Gasteiger partial charge in [-0.2, -0.15) is 0 Å². The van der Waals surface area contributed by atoms with Crippen LogP contribution in [0.15, 0.2) is 24.3 Å². The van der Waals surface area contributed by atoms with Crippen LogP contribution in [0.1, 0.15) is 0 Å². The first-order valence-corrected chi connectivity index (χ1v) is 7.81. The first-order valence-electron chi connectivity index (χ1n) is 5.99. The highest BCUT2D eigenvalue weighted by molar-refractivity contribution is 7.91. The summed E-state index contributed by atoms with van der Waals surface area (Å²) in [5.41, 5.74) is 6.39. The molecule has 0 radical (unpaired) electrons. The Bertz CT molecular complexity index is 471. The fraction of sp³-hybridized carbons (Fsp3) is 0.500. The number of benzene rings is 1. The lowest BCUT2D eigenvalue weighted by Gasteiger charge is -2.28. The summed E-state index contributed by atoms with van der Waals surface area (Å²) in [7, 11) is -2.82. The molecular formula is C12H18N2O3S. The third-order valence-corrected chi connectivity index (χ3v) is 4.54. The van der Waals surface area contributed by atoms with Gasteiger partial charge in [-0.1, -0.05) is 0 Å². The lowest BCUT2D eigenvalue weighted by molar-refractivity contribution is 0.328. The van der Waals surface area contributed by atoms with Crippen molar-refractivity contribution in [2.24, 2.45) is 5.73 Å². The minimum atomic E-state index is -2.82. The van der Waals surface area contributed by atoms with E-state index in [0.717, 1.165) is 11.4 Å². The Morgan fingerprint density at radius 2 is 1.78 bits per heavy atom. The molecule has 1 aromatic rings. The van der Waals surface area contributed by atoms with Gasteiger partial charge < -0.3 is 15.4 Å². The molecule has 2 rings (SSSR count). The zero-order valence-electron chi connectivity index (χ0n) is 10.2. The molecule has 1 heterocycles. The van der Waals surface area contributed by atoms with E-state index < -0.39 is 9.84 Å². The van der Waals surface area contributed by atoms with Crippen molar-refractivity contribution >= 4 is 15.5 Å². The van der Waals surface area contributed by atoms with E-state index in [-0.39, 0.29) is 11.5 Å². The van der Waals surface area contributed by atoms with Crippen LogP contribution < -0.4 is 15.4 Å². The van der Waals surface area contributed by atoms with E-state index in [0.29, 0.717) is 26.2 Å². The molecule has 1 aliphatic rings. The van der Waals surface area contributed by atoms with E-state index >= 15 is 0 Å². The van der Waals surface area contributed by atoms with E-state index in [4.69, 9.17) is 10.5 Å². The normalized spacial score (nSPS) is 18.6. The highest BCUT2D eigenvalue weighted by Crippen LogP contribution is 2.21. The van der Waals surface area contributed by atoms with Gasteiger partial charge in [0.05, 0.1) is 11.5 Å². The maximum atomic E-state index is 11.3. The van der Waals surface area contributed by atoms with Gasteiger partial charge >= 0.3 is 0 Å². The molecule has 0 unspecified atom stereocenters. The lowest BCUT2D eigenvalue weighted by Crippen LogP contribution is -2.40. The molecule has 0 atom stereocenters. The summed E-state index contributed by atoms with van der Waals surface area (Å²) in [4.78, 5) is 2.08. The number of anilines is 1. The predicted octanol–water partition coefficient (Wildman–Crippen LogP) is 0.259. The third-order valence-electron chi connectivity index (χ3n) is 2.93. The Balaban J connectivity index is 1.98. The highest BCUT2D eigenvalue weighted by Gasteiger charge is 2.21. The molecule has 0 saturated carbocycles. The molecule has 1 aliphatic heterocycles. The molecule has 2 N–H and O–H groups in total. The average Bonchev–Trinajstić information content (AvgIpc) is 2.37. The van der Waals surface area contributed by atoms with Gasteiger partial charge in [0.15, 0.2) is 9.84 Å². The zero-order valence-corrected chi connectivity index (χ0v) is 11.0. The molecule has 1 saturated heterocycles. The van der Waals surface area contributed by atoms with Gasteiger partial charge in [0.2, 0.25) is 0 Å². The molecule has 100 valence electrons. The SMILES string of the molecule is NCCOc1ccc(N2CCS(=O)(=O)CC2)cc1. The number of sulfone groups is 1. The summed E-state index contributed by atoms with van der Waals surface area (Å²) in [5, 5.41) is 0. The van der Waals surface area contributed by atoms with Crippen LogP contribution >= 0.6 is 0 Å². The van der Waals surface area contributed by atoms with Crippen LogP contribution in [0.25, 0.3) is 0 Å². The smallest absolute Gasteiger partial charge is 0.153 e. The minimum absolute atomic E-state index is 0.235. The van der Waals surface area contributed by atoms with Crippen molar-refractivity contribution in [3.05, 3.63) is 24.3 Å². The molecular weight excluding hydrogens is 252 g/mol. The van der Waals surface area contributed by atoms with E-state index in [9.17, 15) is 8.42 Å². The number of rotatable bonds is 4. The Hall–Kier alpha value is -1.27. The summed E-state index contributed by atoms with van der Waals surface area (Å²) in [6.45, 7) is 2.11. The fourth-order valence-corrected chi connectivity index (χ4v) is 3.10. The number of hydrogen-bond donors (Lipinski definition) is 1. The maximum Gasteiger partial charge on any atom is 0.153 e. The summed E-state index contributed by atoms with van der Waals surface area (Å²) >= 11 is 0. The van der Waals surface area contributed by atoms with Crippen LogP contribution in [-0.2, 0) is 9.84 Å². The van der Waals surface area contributed by atoms with Crippen LogP contribution in [0.2, 0.25) is 0 Å². The summed E-state index contributed by atoms with van der Waals surface area (Å²) in [6, 6.07) is 7.66. The van der Waals surface area contributed by atoms with Crippen LogP contribution in [0.5, 0.6) is 5.75 Å². The van der Waals surface area contributed by atoms with Gasteiger partial charge in [0, 0.05) is 25.3 Å². The van der Waals surface area contributed by atoms with E-state index in [1.54, 1.807) is 0 Å². The van der Waals surface area contributed by atoms with Crippen molar-refractivity contribution in [2.75, 3.05) is 42.6 Å². The van der Waals surface area contributed by atoms with Crippen molar-refractivity contribution in [2.45, 2.75) is 0 Å². The third kappa shape index (κ3) is 3.36. The van der Waals surface area contributed by atoms with Gasteiger partial charge in [-0.25, -0.2) is 8.42 Å². The topological polar surface area (TPSA) is 72.6 Å². The highest BCUT2D eigenvalue weighted by atomic mass is 32.2. The van der Waals surface area contributed by atoms with Crippen molar-refractivity contribution in [1.29, 1.82) is 0 Å². The van der Waals surface area contributed by atoms with Gasteiger partial charge in [-0.3, -0.25) is 0 Å². The van der Waals surface area contributed by atoms with Crippen molar-refractivity contribution < 1.29 is 13.2 Å². The number of ether oxygens (including phenoxy) is 1. The van der Waals surface area contributed by atoms with Crippen molar-refractivity contribution in [3.63, 3.8) is 0 Å². The molecule has 0 bridgehead atoms. The Kier molecular flexibility index (Phi) is 4.08. The number of hydrogen-bond acceptors (Lipinski definition) is 5. The maximum absolute atomic E-state index is 11.3. The molecule has 5 nitrogen and oxygen atoms in total. The van der Waals surface area contributed by atoms with Crippen LogP contribution in [0, 0.1) is 0 Å². The Labute approximate surface area is 107 Å². The molecule has 1 aromatic carbocycles. The quantitative estimate of drug-likeness (QED) is 0.849. The van der Waals surface area contributed by atoms with Crippen LogP contribution in [-0.4, -0.2) is 46.2 Å². The monoisotopic (exact) mass is 270 g/mol. The lowest BCUT2D eigenvalue weighted by atomic mass is 10.2. The molecule has 18 heavy (non-hydrogen) atoms. The second-order valence-electron chi connectivity index (χ2n) is 4.27. The van der Waals surface area contributed by atoms with E-state index in [2.05, 4.69) is 4.90 Å². The van der Waals surface area contributed by atoms with Crippen molar-refractivity contribution in [1.82, 2.24) is 0 Å². The number of nitrogens with zero attached hydrogens (tertiary/aromatic N) is 1. The molecule has 0 spiro atoms. The molecule has 1 fully saturated rings. The van der Waals surface area contributed by atoms with Crippen molar-refractivity contribution in [3.8, 4) is 5.75 Å². The van der Waals surface area contributed by atoms with Crippen LogP contribution in [0.4, 0.5) is 5.69 Å². The fourth-order valence-electron chi connectivity index (χ4n) is 1.90. The van der Waals surface area contributed by atoms with Crippen LogP contribution in [0.3, 0.4) is 0 Å². The average molecular weight is 270 g/mol. The predicted molar refractivity (Wildman–Crippen MR) is 71.9 cm³/mol. The standard InChI is InChI=1S/C12H18N2O3S/c13-5-8-17-12-3-1-11(2-4-12)14-6-9-18(15,16)10-7-14/h1-4H,5-10,13H2. The molecule has 0 aliphatic carbocycles. The zero-order chi connectivity index (χ0) is 13.0. The first kappa shape index (κ1) is 13.2. The molecule has 0 aromatic heterocycles. The van der Waals surface area contributed by atoms with Gasteiger partial charge in [0.25, 0.3) is 0 Å². The van der Waals surface area contributed by atoms with Gasteiger partial charge in [0.1, 0.15) is 12.4 Å². The van der Waals surface area contributed by atoms with E-state index in [1.807, 2.05) is 24.3 Å². The molecule has 6 heteroatoms. The Morgan fingerprint density at radius 3 is 2.33 bits per heavy atom. The minimum Gasteiger partial charge on any atom is -0.492 e. The van der Waals surface area contributed by atoms with Gasteiger partial charge in [-0.05, 0) is 24.3 Å². The summed E-state index contributed by atoms with van der Waals surface area (Å²) < 4.78 is 28.1. The Morgan fingerprint density at radius 1 is 1.17 bits per heavy atom.